The van der Waals surface area contributed by atoms with Gasteiger partial charge < -0.3 is 14.2 Å². The van der Waals surface area contributed by atoms with Gasteiger partial charge in [0, 0.05) is 12.5 Å². The van der Waals surface area contributed by atoms with E-state index in [9.17, 15) is 0 Å². The molecule has 3 nitrogen and oxygen atoms in total. The average molecular weight is 357 g/mol. The van der Waals surface area contributed by atoms with E-state index in [4.69, 9.17) is 14.2 Å². The van der Waals surface area contributed by atoms with Crippen LogP contribution in [-0.2, 0) is 10.2 Å². The summed E-state index contributed by atoms with van der Waals surface area (Å²) >= 11 is 0. The van der Waals surface area contributed by atoms with E-state index in [1.165, 1.54) is 11.1 Å². The summed E-state index contributed by atoms with van der Waals surface area (Å²) in [6.07, 6.45) is 0.0363. The summed E-state index contributed by atoms with van der Waals surface area (Å²) in [5.41, 5.74) is 2.21. The van der Waals surface area contributed by atoms with Crippen molar-refractivity contribution in [3.63, 3.8) is 0 Å². The molecule has 0 aliphatic carbocycles. The Kier molecular flexibility index (Phi) is 6.35. The molecule has 3 heteroatoms. The molecule has 0 saturated heterocycles. The Morgan fingerprint density at radius 2 is 1.23 bits per heavy atom. The van der Waals surface area contributed by atoms with Crippen molar-refractivity contribution in [1.82, 2.24) is 0 Å². The van der Waals surface area contributed by atoms with Crippen LogP contribution in [0.3, 0.4) is 0 Å². The van der Waals surface area contributed by atoms with Gasteiger partial charge in [-0.15, -0.1) is 0 Å². The summed E-state index contributed by atoms with van der Waals surface area (Å²) in [6.45, 7) is 13.2. The molecule has 1 unspecified atom stereocenters. The Hall–Kier alpha value is -2.00. The molecule has 2 aromatic carbocycles. The number of ether oxygens (including phenoxy) is 3. The normalized spacial score (nSPS) is 13.3. The Labute approximate surface area is 158 Å². The van der Waals surface area contributed by atoms with Crippen LogP contribution in [0.25, 0.3) is 0 Å². The summed E-state index contributed by atoms with van der Waals surface area (Å²) in [5.74, 6) is 1.76. The minimum absolute atomic E-state index is 0.0363. The fraction of sp³-hybridized carbons (Fsp3) is 0.478. The van der Waals surface area contributed by atoms with Crippen molar-refractivity contribution < 1.29 is 14.2 Å². The summed E-state index contributed by atoms with van der Waals surface area (Å²) in [4.78, 5) is 0. The van der Waals surface area contributed by atoms with Gasteiger partial charge in [-0.25, -0.2) is 0 Å². The van der Waals surface area contributed by atoms with E-state index in [-0.39, 0.29) is 17.1 Å². The van der Waals surface area contributed by atoms with Crippen molar-refractivity contribution >= 4 is 0 Å². The molecule has 1 atom stereocenters. The number of hydrogen-bond donors (Lipinski definition) is 0. The molecule has 0 aliphatic rings. The van der Waals surface area contributed by atoms with Crippen LogP contribution >= 0.6 is 0 Å². The van der Waals surface area contributed by atoms with Gasteiger partial charge in [0.25, 0.3) is 0 Å². The highest BCUT2D eigenvalue weighted by Gasteiger charge is 2.23. The topological polar surface area (TPSA) is 27.7 Å². The molecule has 26 heavy (non-hydrogen) atoms. The molecule has 0 bridgehead atoms. The molecule has 0 spiro atoms. The van der Waals surface area contributed by atoms with Crippen LogP contribution in [0.1, 0.15) is 52.7 Å². The first-order chi connectivity index (χ1) is 12.1. The molecule has 0 fully saturated rings. The smallest absolute Gasteiger partial charge is 0.120 e. The van der Waals surface area contributed by atoms with Gasteiger partial charge in [0.2, 0.25) is 0 Å². The molecule has 0 N–H and O–H groups in total. The highest BCUT2D eigenvalue weighted by molar-refractivity contribution is 5.42. The van der Waals surface area contributed by atoms with Crippen molar-refractivity contribution in [2.45, 2.75) is 58.7 Å². The van der Waals surface area contributed by atoms with Gasteiger partial charge in [-0.1, -0.05) is 38.1 Å². The first-order valence-electron chi connectivity index (χ1n) is 9.17. The van der Waals surface area contributed by atoms with Crippen molar-refractivity contribution in [3.05, 3.63) is 59.7 Å². The molecule has 0 heterocycles. The second-order valence-electron chi connectivity index (χ2n) is 8.27. The highest BCUT2D eigenvalue weighted by Crippen LogP contribution is 2.33. The van der Waals surface area contributed by atoms with E-state index in [2.05, 4.69) is 58.9 Å². The summed E-state index contributed by atoms with van der Waals surface area (Å²) < 4.78 is 16.9. The SMILES string of the molecule is COCC(C)Oc1ccc(C(C)(C)c2ccc(OC(C)(C)C)cc2)cc1. The van der Waals surface area contributed by atoms with E-state index in [0.717, 1.165) is 11.5 Å². The molecule has 0 saturated carbocycles. The van der Waals surface area contributed by atoms with Crippen LogP contribution in [0.15, 0.2) is 48.5 Å². The van der Waals surface area contributed by atoms with E-state index in [0.29, 0.717) is 6.61 Å². The predicted octanol–water partition coefficient (Wildman–Crippen LogP) is 5.60. The maximum atomic E-state index is 5.92. The lowest BCUT2D eigenvalue weighted by molar-refractivity contribution is 0.0920. The Morgan fingerprint density at radius 1 is 0.769 bits per heavy atom. The van der Waals surface area contributed by atoms with E-state index < -0.39 is 0 Å². The van der Waals surface area contributed by atoms with Gasteiger partial charge in [0.1, 0.15) is 23.2 Å². The van der Waals surface area contributed by atoms with Crippen LogP contribution in [0.2, 0.25) is 0 Å². The lowest BCUT2D eigenvalue weighted by Gasteiger charge is -2.27. The van der Waals surface area contributed by atoms with Gasteiger partial charge in [-0.3, -0.25) is 0 Å². The monoisotopic (exact) mass is 356 g/mol. The lowest BCUT2D eigenvalue weighted by atomic mass is 9.78. The van der Waals surface area contributed by atoms with Gasteiger partial charge in [0.15, 0.2) is 0 Å². The Bertz CT molecular complexity index is 679. The van der Waals surface area contributed by atoms with E-state index in [1.807, 2.05) is 31.2 Å². The van der Waals surface area contributed by atoms with Crippen molar-refractivity contribution in [2.24, 2.45) is 0 Å². The molecular weight excluding hydrogens is 324 g/mol. The van der Waals surface area contributed by atoms with Gasteiger partial charge >= 0.3 is 0 Å². The fourth-order valence-electron chi connectivity index (χ4n) is 2.91. The number of hydrogen-bond acceptors (Lipinski definition) is 3. The quantitative estimate of drug-likeness (QED) is 0.646. The van der Waals surface area contributed by atoms with Crippen LogP contribution in [0, 0.1) is 0 Å². The number of benzene rings is 2. The average Bonchev–Trinajstić information content (AvgIpc) is 2.54. The Balaban J connectivity index is 2.13. The number of rotatable bonds is 7. The van der Waals surface area contributed by atoms with Crippen molar-refractivity contribution in [3.8, 4) is 11.5 Å². The van der Waals surface area contributed by atoms with E-state index >= 15 is 0 Å². The molecule has 0 aliphatic heterocycles. The maximum absolute atomic E-state index is 5.92. The third-order valence-electron chi connectivity index (χ3n) is 4.31. The van der Waals surface area contributed by atoms with Gasteiger partial charge in [0.05, 0.1) is 6.61 Å². The molecule has 142 valence electrons. The largest absolute Gasteiger partial charge is 0.488 e. The molecule has 2 rings (SSSR count). The predicted molar refractivity (Wildman–Crippen MR) is 107 cm³/mol. The standard InChI is InChI=1S/C23H32O3/c1-17(16-24-7)25-20-12-8-18(9-13-20)23(5,6)19-10-14-21(15-11-19)26-22(2,3)4/h8-15,17H,16H2,1-7H3. The van der Waals surface area contributed by atoms with E-state index in [1.54, 1.807) is 7.11 Å². The highest BCUT2D eigenvalue weighted by atomic mass is 16.5. The zero-order valence-electron chi connectivity index (χ0n) is 17.1. The molecular formula is C23H32O3. The zero-order valence-corrected chi connectivity index (χ0v) is 17.1. The van der Waals surface area contributed by atoms with Gasteiger partial charge in [-0.05, 0) is 63.1 Å². The molecule has 0 aromatic heterocycles. The van der Waals surface area contributed by atoms with Crippen LogP contribution in [0.4, 0.5) is 0 Å². The van der Waals surface area contributed by atoms with Crippen LogP contribution in [-0.4, -0.2) is 25.4 Å². The molecule has 0 amide bonds. The van der Waals surface area contributed by atoms with Crippen LogP contribution in [0.5, 0.6) is 11.5 Å². The first kappa shape index (κ1) is 20.3. The molecule has 2 aromatic rings. The minimum atomic E-state index is -0.188. The second-order valence-corrected chi connectivity index (χ2v) is 8.27. The third kappa shape index (κ3) is 5.50. The zero-order chi connectivity index (χ0) is 19.4. The number of methoxy groups -OCH3 is 1. The Morgan fingerprint density at radius 3 is 1.65 bits per heavy atom. The van der Waals surface area contributed by atoms with Crippen molar-refractivity contribution in [1.29, 1.82) is 0 Å². The summed E-state index contributed by atoms with van der Waals surface area (Å²) in [6, 6.07) is 16.7. The summed E-state index contributed by atoms with van der Waals surface area (Å²) in [7, 11) is 1.68. The van der Waals surface area contributed by atoms with Gasteiger partial charge in [-0.2, -0.15) is 0 Å². The lowest BCUT2D eigenvalue weighted by Crippen LogP contribution is -2.23. The molecule has 0 radical (unpaired) electrons. The maximum Gasteiger partial charge on any atom is 0.120 e. The fourth-order valence-corrected chi connectivity index (χ4v) is 2.91. The first-order valence-corrected chi connectivity index (χ1v) is 9.17. The minimum Gasteiger partial charge on any atom is -0.488 e. The third-order valence-corrected chi connectivity index (χ3v) is 4.31. The van der Waals surface area contributed by atoms with Crippen molar-refractivity contribution in [2.75, 3.05) is 13.7 Å². The van der Waals surface area contributed by atoms with Crippen LogP contribution < -0.4 is 9.47 Å². The summed E-state index contributed by atoms with van der Waals surface area (Å²) in [5, 5.41) is 0. The second kappa shape index (κ2) is 8.13.